The Morgan fingerprint density at radius 1 is 1.38 bits per heavy atom. The van der Waals surface area contributed by atoms with Crippen LogP contribution in [0.1, 0.15) is 31.4 Å². The first-order valence-electron chi connectivity index (χ1n) is 10.6. The van der Waals surface area contributed by atoms with Gasteiger partial charge >= 0.3 is 0 Å². The van der Waals surface area contributed by atoms with Crippen molar-refractivity contribution in [3.05, 3.63) is 70.5 Å². The fraction of sp³-hybridized carbons (Fsp3) is 0.375. The number of hydrogen-bond acceptors (Lipinski definition) is 5. The van der Waals surface area contributed by atoms with Crippen molar-refractivity contribution in [1.82, 2.24) is 9.97 Å². The summed E-state index contributed by atoms with van der Waals surface area (Å²) in [6, 6.07) is 1.84. The standard InChI is InChI=1S/C24H26ClFN2O4/c1-3-31-23-17(22(29)19-12-28-24-18(19)10-16(30-2)11-27-24)5-4-6-21(23)32-13-14-7-8-15(25)9-20(14)26/h6-12,14,20,22,29H,3-5,13H2,1-2H3,(H,27,28). The summed E-state index contributed by atoms with van der Waals surface area (Å²) in [6.07, 6.45) is 9.20. The summed E-state index contributed by atoms with van der Waals surface area (Å²) in [5.41, 5.74) is 2.05. The number of fused-ring (bicyclic) bond motifs is 1. The number of hydrogen-bond donors (Lipinski definition) is 2. The molecule has 0 aliphatic heterocycles. The third-order valence-corrected chi connectivity index (χ3v) is 5.86. The van der Waals surface area contributed by atoms with Gasteiger partial charge in [-0.15, -0.1) is 0 Å². The predicted octanol–water partition coefficient (Wildman–Crippen LogP) is 5.24. The summed E-state index contributed by atoms with van der Waals surface area (Å²) < 4.78 is 31.4. The largest absolute Gasteiger partial charge is 0.495 e. The van der Waals surface area contributed by atoms with Crippen LogP contribution in [0.3, 0.4) is 0 Å². The smallest absolute Gasteiger partial charge is 0.162 e. The zero-order valence-corrected chi connectivity index (χ0v) is 18.7. The summed E-state index contributed by atoms with van der Waals surface area (Å²) in [6.45, 7) is 2.42. The lowest BCUT2D eigenvalue weighted by molar-refractivity contribution is 0.112. The highest BCUT2D eigenvalue weighted by Gasteiger charge is 2.28. The molecule has 0 saturated heterocycles. The van der Waals surface area contributed by atoms with Crippen LogP contribution in [-0.2, 0) is 9.47 Å². The number of alkyl halides is 1. The number of methoxy groups -OCH3 is 1. The Labute approximate surface area is 191 Å². The van der Waals surface area contributed by atoms with Gasteiger partial charge in [0.15, 0.2) is 11.5 Å². The van der Waals surface area contributed by atoms with E-state index in [0.29, 0.717) is 58.5 Å². The van der Waals surface area contributed by atoms with E-state index in [0.717, 1.165) is 5.39 Å². The Bertz CT molecular complexity index is 1100. The second-order valence-corrected chi connectivity index (χ2v) is 8.08. The number of halogens is 2. The van der Waals surface area contributed by atoms with Crippen LogP contribution in [0, 0.1) is 5.92 Å². The van der Waals surface area contributed by atoms with E-state index in [4.69, 9.17) is 25.8 Å². The highest BCUT2D eigenvalue weighted by atomic mass is 35.5. The minimum absolute atomic E-state index is 0.137. The molecule has 0 saturated carbocycles. The number of aromatic nitrogens is 2. The molecule has 3 atom stereocenters. The van der Waals surface area contributed by atoms with Gasteiger partial charge in [-0.25, -0.2) is 9.37 Å². The molecule has 3 unspecified atom stereocenters. The lowest BCUT2D eigenvalue weighted by Gasteiger charge is -2.26. The van der Waals surface area contributed by atoms with E-state index in [1.54, 1.807) is 31.7 Å². The molecule has 0 radical (unpaired) electrons. The Hall–Kier alpha value is -2.77. The lowest BCUT2D eigenvalue weighted by atomic mass is 9.92. The maximum absolute atomic E-state index is 14.3. The Morgan fingerprint density at radius 2 is 2.22 bits per heavy atom. The zero-order chi connectivity index (χ0) is 22.7. The molecule has 0 bridgehead atoms. The number of nitrogens with zero attached hydrogens (tertiary/aromatic N) is 1. The number of aliphatic hydroxyl groups is 1. The minimum atomic E-state index is -1.21. The summed E-state index contributed by atoms with van der Waals surface area (Å²) in [7, 11) is 1.57. The fourth-order valence-corrected chi connectivity index (χ4v) is 4.13. The zero-order valence-electron chi connectivity index (χ0n) is 18.0. The number of allylic oxidation sites excluding steroid dienone is 4. The van der Waals surface area contributed by atoms with Crippen LogP contribution in [0.5, 0.6) is 5.75 Å². The SMILES string of the molecule is CCOC1=C(C(O)c2c[nH]c3ncc(OC)cc23)CCC=C1OCC1C=CC(Cl)=CC1F. The van der Waals surface area contributed by atoms with Crippen molar-refractivity contribution in [1.29, 1.82) is 0 Å². The molecule has 2 aliphatic rings. The summed E-state index contributed by atoms with van der Waals surface area (Å²) in [4.78, 5) is 7.43. The number of aromatic amines is 1. The lowest BCUT2D eigenvalue weighted by Crippen LogP contribution is -2.21. The third kappa shape index (κ3) is 4.54. The number of H-pyrrole nitrogens is 1. The van der Waals surface area contributed by atoms with Crippen LogP contribution in [0.25, 0.3) is 11.0 Å². The second-order valence-electron chi connectivity index (χ2n) is 7.64. The van der Waals surface area contributed by atoms with Gasteiger partial charge in [-0.05, 0) is 44.1 Å². The highest BCUT2D eigenvalue weighted by molar-refractivity contribution is 6.31. The monoisotopic (exact) mass is 460 g/mol. The van der Waals surface area contributed by atoms with Crippen LogP contribution < -0.4 is 4.74 Å². The van der Waals surface area contributed by atoms with E-state index in [1.165, 1.54) is 6.08 Å². The number of nitrogens with one attached hydrogen (secondary N) is 1. The van der Waals surface area contributed by atoms with Crippen LogP contribution >= 0.6 is 11.6 Å². The van der Waals surface area contributed by atoms with Gasteiger partial charge in [0.05, 0.1) is 26.5 Å². The first-order valence-corrected chi connectivity index (χ1v) is 11.0. The quantitative estimate of drug-likeness (QED) is 0.563. The molecule has 2 aromatic heterocycles. The first-order chi connectivity index (χ1) is 15.5. The third-order valence-electron chi connectivity index (χ3n) is 5.61. The Balaban J connectivity index is 1.60. The maximum atomic E-state index is 14.3. The second kappa shape index (κ2) is 9.79. The van der Waals surface area contributed by atoms with E-state index in [1.807, 2.05) is 19.1 Å². The molecule has 2 aliphatic carbocycles. The number of ether oxygens (including phenoxy) is 3. The molecule has 2 aromatic rings. The van der Waals surface area contributed by atoms with Crippen molar-refractivity contribution in [3.8, 4) is 5.75 Å². The van der Waals surface area contributed by atoms with E-state index >= 15 is 0 Å². The number of rotatable bonds is 8. The van der Waals surface area contributed by atoms with Crippen molar-refractivity contribution >= 4 is 22.6 Å². The molecule has 8 heteroatoms. The van der Waals surface area contributed by atoms with Gasteiger partial charge < -0.3 is 24.3 Å². The first kappa shape index (κ1) is 22.4. The molecule has 6 nitrogen and oxygen atoms in total. The highest BCUT2D eigenvalue weighted by Crippen LogP contribution is 2.38. The Kier molecular flexibility index (Phi) is 6.86. The van der Waals surface area contributed by atoms with Gasteiger partial charge in [0.25, 0.3) is 0 Å². The molecule has 170 valence electrons. The van der Waals surface area contributed by atoms with Crippen LogP contribution in [0.15, 0.2) is 64.9 Å². The van der Waals surface area contributed by atoms with Gasteiger partial charge in [0.1, 0.15) is 23.7 Å². The molecule has 32 heavy (non-hydrogen) atoms. The van der Waals surface area contributed by atoms with E-state index in [-0.39, 0.29) is 6.61 Å². The minimum Gasteiger partial charge on any atom is -0.495 e. The number of aliphatic hydroxyl groups excluding tert-OH is 1. The molecular formula is C24H26ClFN2O4. The topological polar surface area (TPSA) is 76.6 Å². The van der Waals surface area contributed by atoms with Gasteiger partial charge in [-0.1, -0.05) is 17.7 Å². The molecule has 4 rings (SSSR count). The summed E-state index contributed by atoms with van der Waals surface area (Å²) in [5, 5.41) is 12.5. The van der Waals surface area contributed by atoms with E-state index < -0.39 is 18.2 Å². The van der Waals surface area contributed by atoms with Gasteiger partial charge in [0, 0.05) is 33.7 Å². The van der Waals surface area contributed by atoms with Crippen molar-refractivity contribution < 1.29 is 23.7 Å². The fourth-order valence-electron chi connectivity index (χ4n) is 3.93. The molecule has 0 spiro atoms. The maximum Gasteiger partial charge on any atom is 0.162 e. The average molecular weight is 461 g/mol. The normalized spacial score (nSPS) is 21.9. The van der Waals surface area contributed by atoms with Crippen molar-refractivity contribution in [2.45, 2.75) is 32.0 Å². The molecular weight excluding hydrogens is 435 g/mol. The van der Waals surface area contributed by atoms with Crippen molar-refractivity contribution in [2.75, 3.05) is 20.3 Å². The molecule has 0 aromatic carbocycles. The van der Waals surface area contributed by atoms with Crippen molar-refractivity contribution in [3.63, 3.8) is 0 Å². The van der Waals surface area contributed by atoms with E-state index in [9.17, 15) is 9.50 Å². The molecule has 0 fully saturated rings. The van der Waals surface area contributed by atoms with Crippen LogP contribution in [-0.4, -0.2) is 41.6 Å². The van der Waals surface area contributed by atoms with Gasteiger partial charge in [-0.3, -0.25) is 0 Å². The summed E-state index contributed by atoms with van der Waals surface area (Å²) >= 11 is 5.87. The predicted molar refractivity (Wildman–Crippen MR) is 121 cm³/mol. The summed E-state index contributed by atoms with van der Waals surface area (Å²) in [5.74, 6) is 1.18. The molecule has 2 heterocycles. The Morgan fingerprint density at radius 3 is 2.97 bits per heavy atom. The molecule has 0 amide bonds. The van der Waals surface area contributed by atoms with E-state index in [2.05, 4.69) is 9.97 Å². The average Bonchev–Trinajstić information content (AvgIpc) is 3.22. The van der Waals surface area contributed by atoms with Crippen LogP contribution in [0.4, 0.5) is 4.39 Å². The molecule has 2 N–H and O–H groups in total. The van der Waals surface area contributed by atoms with Crippen LogP contribution in [0.2, 0.25) is 0 Å². The van der Waals surface area contributed by atoms with Crippen molar-refractivity contribution in [2.24, 2.45) is 5.92 Å². The number of pyridine rings is 1. The van der Waals surface area contributed by atoms with Gasteiger partial charge in [0.2, 0.25) is 0 Å². The van der Waals surface area contributed by atoms with Gasteiger partial charge in [-0.2, -0.15) is 0 Å².